The van der Waals surface area contributed by atoms with Crippen LogP contribution in [0.5, 0.6) is 5.75 Å². The number of ether oxygens (including phenoxy) is 1. The van der Waals surface area contributed by atoms with Crippen molar-refractivity contribution >= 4 is 23.7 Å². The number of benzene rings is 2. The average molecular weight is 368 g/mol. The maximum atomic E-state index is 13.9. The van der Waals surface area contributed by atoms with E-state index in [2.05, 4.69) is 4.74 Å². The number of carbonyl (C=O) groups excluding carboxylic acids is 2. The number of alkyl halides is 2. The number of anilines is 2. The van der Waals surface area contributed by atoms with Crippen LogP contribution in [0.25, 0.3) is 0 Å². The van der Waals surface area contributed by atoms with Crippen LogP contribution in [0.3, 0.4) is 0 Å². The molecule has 5 nitrogen and oxygen atoms in total. The molecule has 2 aromatic rings. The van der Waals surface area contributed by atoms with Crippen molar-refractivity contribution < 1.29 is 31.9 Å². The summed E-state index contributed by atoms with van der Waals surface area (Å²) in [5, 5.41) is 0. The first-order valence-electron chi connectivity index (χ1n) is 7.49. The van der Waals surface area contributed by atoms with Gasteiger partial charge in [0.05, 0.1) is 11.3 Å². The summed E-state index contributed by atoms with van der Waals surface area (Å²) in [5.41, 5.74) is 0.0240. The largest absolute Gasteiger partial charge is 0.434 e. The fourth-order valence-corrected chi connectivity index (χ4v) is 2.69. The molecule has 1 aliphatic rings. The van der Waals surface area contributed by atoms with Gasteiger partial charge in [-0.2, -0.15) is 8.78 Å². The van der Waals surface area contributed by atoms with Crippen LogP contribution in [0.1, 0.15) is 10.4 Å². The standard InChI is InChI=1S/C17H12F4N2O3/c18-11-2-4-14(13(19)7-11)23-6-5-22(17(23)25)12-3-1-10(9-24)15(8-12)26-16(20)21/h1-4,7-9,16H,5-6H2. The topological polar surface area (TPSA) is 49.9 Å². The molecule has 1 saturated heterocycles. The Hall–Kier alpha value is -3.10. The summed E-state index contributed by atoms with van der Waals surface area (Å²) in [6.45, 7) is -2.88. The van der Waals surface area contributed by atoms with Gasteiger partial charge in [-0.15, -0.1) is 0 Å². The van der Waals surface area contributed by atoms with Gasteiger partial charge in [0.2, 0.25) is 0 Å². The number of hydrogen-bond acceptors (Lipinski definition) is 3. The van der Waals surface area contributed by atoms with E-state index in [4.69, 9.17) is 0 Å². The summed E-state index contributed by atoms with van der Waals surface area (Å²) in [5.74, 6) is -2.03. The molecule has 9 heteroatoms. The van der Waals surface area contributed by atoms with Crippen molar-refractivity contribution in [2.45, 2.75) is 6.61 Å². The molecule has 26 heavy (non-hydrogen) atoms. The van der Waals surface area contributed by atoms with Crippen LogP contribution in [0, 0.1) is 11.6 Å². The normalized spacial score (nSPS) is 14.3. The number of nitrogens with zero attached hydrogens (tertiary/aromatic N) is 2. The monoisotopic (exact) mass is 368 g/mol. The lowest BCUT2D eigenvalue weighted by Crippen LogP contribution is -2.32. The highest BCUT2D eigenvalue weighted by Gasteiger charge is 2.32. The Morgan fingerprint density at radius 3 is 2.42 bits per heavy atom. The smallest absolute Gasteiger partial charge is 0.387 e. The number of carbonyl (C=O) groups is 2. The zero-order valence-corrected chi connectivity index (χ0v) is 13.2. The first-order valence-corrected chi connectivity index (χ1v) is 7.49. The van der Waals surface area contributed by atoms with Crippen molar-refractivity contribution in [3.8, 4) is 5.75 Å². The van der Waals surface area contributed by atoms with Gasteiger partial charge in [0.1, 0.15) is 17.4 Å². The van der Waals surface area contributed by atoms with Gasteiger partial charge in [-0.05, 0) is 24.3 Å². The van der Waals surface area contributed by atoms with E-state index in [9.17, 15) is 27.2 Å². The van der Waals surface area contributed by atoms with E-state index in [0.717, 1.165) is 23.1 Å². The van der Waals surface area contributed by atoms with E-state index in [0.29, 0.717) is 12.4 Å². The molecule has 2 aromatic carbocycles. The van der Waals surface area contributed by atoms with Gasteiger partial charge in [-0.25, -0.2) is 13.6 Å². The van der Waals surface area contributed by atoms with Crippen LogP contribution < -0.4 is 14.5 Å². The Labute approximate surface area is 145 Å². The number of halogens is 4. The maximum Gasteiger partial charge on any atom is 0.387 e. The third-order valence-electron chi connectivity index (χ3n) is 3.86. The highest BCUT2D eigenvalue weighted by atomic mass is 19.3. The molecule has 1 heterocycles. The lowest BCUT2D eigenvalue weighted by molar-refractivity contribution is -0.0500. The fraction of sp³-hybridized carbons (Fsp3) is 0.176. The second-order valence-corrected chi connectivity index (χ2v) is 5.40. The van der Waals surface area contributed by atoms with Gasteiger partial charge in [0.15, 0.2) is 6.29 Å². The molecular formula is C17H12F4N2O3. The van der Waals surface area contributed by atoms with Crippen LogP contribution in [0.2, 0.25) is 0 Å². The summed E-state index contributed by atoms with van der Waals surface area (Å²) >= 11 is 0. The molecule has 3 rings (SSSR count). The minimum atomic E-state index is -3.14. The average Bonchev–Trinajstić information content (AvgIpc) is 2.96. The van der Waals surface area contributed by atoms with E-state index in [-0.39, 0.29) is 35.8 Å². The Kier molecular flexibility index (Phi) is 4.79. The molecule has 0 N–H and O–H groups in total. The molecule has 0 aromatic heterocycles. The quantitative estimate of drug-likeness (QED) is 0.595. The summed E-state index contributed by atoms with van der Waals surface area (Å²) in [4.78, 5) is 25.8. The molecule has 0 radical (unpaired) electrons. The van der Waals surface area contributed by atoms with Gasteiger partial charge in [0.25, 0.3) is 0 Å². The molecule has 0 spiro atoms. The second-order valence-electron chi connectivity index (χ2n) is 5.40. The Balaban J connectivity index is 1.89. The molecule has 0 unspecified atom stereocenters. The molecule has 136 valence electrons. The number of hydrogen-bond donors (Lipinski definition) is 0. The first kappa shape index (κ1) is 17.7. The third kappa shape index (κ3) is 3.32. The number of urea groups is 1. The highest BCUT2D eigenvalue weighted by molar-refractivity contribution is 6.06. The lowest BCUT2D eigenvalue weighted by atomic mass is 10.2. The minimum absolute atomic E-state index is 0.0903. The molecule has 2 amide bonds. The lowest BCUT2D eigenvalue weighted by Gasteiger charge is -2.20. The molecule has 0 bridgehead atoms. The first-order chi connectivity index (χ1) is 12.4. The van der Waals surface area contributed by atoms with Crippen molar-refractivity contribution in [3.63, 3.8) is 0 Å². The molecule has 0 saturated carbocycles. The maximum absolute atomic E-state index is 13.9. The highest BCUT2D eigenvalue weighted by Crippen LogP contribution is 2.31. The second kappa shape index (κ2) is 7.03. The Bertz CT molecular complexity index is 860. The van der Waals surface area contributed by atoms with E-state index < -0.39 is 24.3 Å². The van der Waals surface area contributed by atoms with Gasteiger partial charge in [-0.3, -0.25) is 14.6 Å². The predicted molar refractivity (Wildman–Crippen MR) is 84.9 cm³/mol. The minimum Gasteiger partial charge on any atom is -0.434 e. The van der Waals surface area contributed by atoms with E-state index in [1.165, 1.54) is 17.0 Å². The van der Waals surface area contributed by atoms with Gasteiger partial charge < -0.3 is 4.74 Å². The van der Waals surface area contributed by atoms with Crippen LogP contribution >= 0.6 is 0 Å². The summed E-state index contributed by atoms with van der Waals surface area (Å²) < 4.78 is 56.2. The van der Waals surface area contributed by atoms with E-state index >= 15 is 0 Å². The SMILES string of the molecule is O=Cc1ccc(N2CCN(c3ccc(F)cc3F)C2=O)cc1OC(F)F. The summed E-state index contributed by atoms with van der Waals surface area (Å²) in [6, 6.07) is 6.00. The van der Waals surface area contributed by atoms with Crippen molar-refractivity contribution in [1.82, 2.24) is 0 Å². The van der Waals surface area contributed by atoms with Crippen molar-refractivity contribution in [1.29, 1.82) is 0 Å². The zero-order valence-electron chi connectivity index (χ0n) is 13.2. The van der Waals surface area contributed by atoms with Crippen molar-refractivity contribution in [3.05, 3.63) is 53.6 Å². The van der Waals surface area contributed by atoms with Crippen LogP contribution in [-0.4, -0.2) is 32.0 Å². The predicted octanol–water partition coefficient (Wildman–Crippen LogP) is 3.83. The number of amides is 2. The Morgan fingerprint density at radius 1 is 1.04 bits per heavy atom. The Morgan fingerprint density at radius 2 is 1.77 bits per heavy atom. The van der Waals surface area contributed by atoms with E-state index in [1.54, 1.807) is 0 Å². The summed E-state index contributed by atoms with van der Waals surface area (Å²) in [6.07, 6.45) is 0.355. The third-order valence-corrected chi connectivity index (χ3v) is 3.86. The molecule has 1 fully saturated rings. The molecule has 0 atom stereocenters. The van der Waals surface area contributed by atoms with Crippen molar-refractivity contribution in [2.75, 3.05) is 22.9 Å². The molecular weight excluding hydrogens is 356 g/mol. The van der Waals surface area contributed by atoms with Crippen LogP contribution in [-0.2, 0) is 0 Å². The summed E-state index contributed by atoms with van der Waals surface area (Å²) in [7, 11) is 0. The van der Waals surface area contributed by atoms with Gasteiger partial charge >= 0.3 is 12.6 Å². The van der Waals surface area contributed by atoms with Gasteiger partial charge in [0, 0.05) is 30.9 Å². The number of aldehydes is 1. The molecule has 0 aliphatic carbocycles. The zero-order chi connectivity index (χ0) is 18.8. The van der Waals surface area contributed by atoms with E-state index in [1.807, 2.05) is 0 Å². The van der Waals surface area contributed by atoms with Crippen molar-refractivity contribution in [2.24, 2.45) is 0 Å². The van der Waals surface area contributed by atoms with Crippen LogP contribution in [0.15, 0.2) is 36.4 Å². The number of rotatable bonds is 5. The fourth-order valence-electron chi connectivity index (χ4n) is 2.69. The van der Waals surface area contributed by atoms with Crippen LogP contribution in [0.4, 0.5) is 33.7 Å². The molecule has 1 aliphatic heterocycles. The van der Waals surface area contributed by atoms with Gasteiger partial charge in [-0.1, -0.05) is 0 Å².